The van der Waals surface area contributed by atoms with E-state index in [2.05, 4.69) is 17.2 Å². The quantitative estimate of drug-likeness (QED) is 0.135. The summed E-state index contributed by atoms with van der Waals surface area (Å²) in [4.78, 5) is 32.0. The van der Waals surface area contributed by atoms with Crippen LogP contribution in [0.2, 0.25) is 0 Å². The summed E-state index contributed by atoms with van der Waals surface area (Å²) in [5.41, 5.74) is -0.131. The van der Waals surface area contributed by atoms with Crippen LogP contribution in [0.5, 0.6) is 0 Å². The second-order valence-corrected chi connectivity index (χ2v) is 5.02. The lowest BCUT2D eigenvalue weighted by Crippen LogP contribution is -2.13. The number of nitrogens with one attached hydrogen (secondary N) is 2. The average molecular weight is 421 g/mol. The van der Waals surface area contributed by atoms with Crippen molar-refractivity contribution in [3.8, 4) is 0 Å². The molecule has 0 aliphatic heterocycles. The maximum Gasteiger partial charge on any atom is 0.335 e. The predicted octanol–water partition coefficient (Wildman–Crippen LogP) is 4.45. The van der Waals surface area contributed by atoms with Gasteiger partial charge in [0.15, 0.2) is 0 Å². The van der Waals surface area contributed by atoms with Crippen molar-refractivity contribution >= 4 is 23.3 Å². The molecule has 0 unspecified atom stereocenters. The Hall–Kier alpha value is -3.62. The van der Waals surface area contributed by atoms with E-state index in [0.29, 0.717) is 19.5 Å². The predicted molar refractivity (Wildman–Crippen MR) is 119 cm³/mol. The minimum absolute atomic E-state index is 0.0711. The Kier molecular flexibility index (Phi) is 16.7. The van der Waals surface area contributed by atoms with Crippen LogP contribution in [-0.4, -0.2) is 40.2 Å². The lowest BCUT2D eigenvalue weighted by molar-refractivity contribution is -0.384. The standard InChI is InChI=1S/C17H19N3O6.2C2H6/c1-2-12(16(21)22)5-3-8-18-9-4-10-19-14-7-6-13(17(23)24)11-15(14)20(25)26;2*1-2/h2-3,5-8,11,18-19H,1,4,9-10H2,(H,21,22)(H,23,24);2*1-2H3/b8-3+,12-5+;;. The number of allylic oxidation sites excluding steroid dienone is 2. The van der Waals surface area contributed by atoms with E-state index in [1.807, 2.05) is 27.7 Å². The van der Waals surface area contributed by atoms with Crippen molar-refractivity contribution in [1.82, 2.24) is 5.32 Å². The van der Waals surface area contributed by atoms with Crippen molar-refractivity contribution in [2.75, 3.05) is 18.4 Å². The molecule has 0 bridgehead atoms. The molecule has 0 saturated heterocycles. The molecular formula is C21H31N3O6. The number of anilines is 1. The Morgan fingerprint density at radius 3 is 2.30 bits per heavy atom. The molecule has 1 aromatic carbocycles. The van der Waals surface area contributed by atoms with Gasteiger partial charge in [0.25, 0.3) is 5.69 Å². The van der Waals surface area contributed by atoms with Crippen LogP contribution in [0, 0.1) is 10.1 Å². The molecule has 0 spiro atoms. The number of nitro groups is 1. The topological polar surface area (TPSA) is 142 Å². The van der Waals surface area contributed by atoms with Gasteiger partial charge in [0.05, 0.1) is 16.1 Å². The number of aliphatic carboxylic acids is 1. The van der Waals surface area contributed by atoms with Crippen LogP contribution < -0.4 is 10.6 Å². The fourth-order valence-electron chi connectivity index (χ4n) is 1.91. The molecule has 166 valence electrons. The molecule has 4 N–H and O–H groups in total. The van der Waals surface area contributed by atoms with Gasteiger partial charge in [-0.1, -0.05) is 40.3 Å². The van der Waals surface area contributed by atoms with Crippen molar-refractivity contribution < 1.29 is 24.7 Å². The van der Waals surface area contributed by atoms with E-state index in [0.717, 1.165) is 6.07 Å². The maximum atomic E-state index is 11.0. The van der Waals surface area contributed by atoms with E-state index >= 15 is 0 Å². The highest BCUT2D eigenvalue weighted by molar-refractivity contribution is 5.90. The molecule has 0 aromatic heterocycles. The number of aromatic carboxylic acids is 1. The summed E-state index contributed by atoms with van der Waals surface area (Å²) in [6, 6.07) is 3.67. The largest absolute Gasteiger partial charge is 0.478 e. The second-order valence-electron chi connectivity index (χ2n) is 5.02. The Morgan fingerprint density at radius 1 is 1.17 bits per heavy atom. The molecule has 0 radical (unpaired) electrons. The molecule has 0 fully saturated rings. The molecular weight excluding hydrogens is 390 g/mol. The molecule has 0 saturated carbocycles. The molecule has 0 aliphatic rings. The number of hydrogen-bond donors (Lipinski definition) is 4. The third-order valence-corrected chi connectivity index (χ3v) is 3.21. The van der Waals surface area contributed by atoms with Gasteiger partial charge in [0, 0.05) is 19.2 Å². The third kappa shape index (κ3) is 11.3. The summed E-state index contributed by atoms with van der Waals surface area (Å²) in [6.45, 7) is 12.4. The Bertz CT molecular complexity index is 757. The van der Waals surface area contributed by atoms with Gasteiger partial charge in [-0.3, -0.25) is 10.1 Å². The first-order valence-electron chi connectivity index (χ1n) is 9.58. The molecule has 0 heterocycles. The molecule has 9 heteroatoms. The summed E-state index contributed by atoms with van der Waals surface area (Å²) >= 11 is 0. The van der Waals surface area contributed by atoms with E-state index < -0.39 is 16.9 Å². The Balaban J connectivity index is 0. The number of carbonyl (C=O) groups is 2. The first-order chi connectivity index (χ1) is 14.4. The summed E-state index contributed by atoms with van der Waals surface area (Å²) in [7, 11) is 0. The van der Waals surface area contributed by atoms with E-state index in [9.17, 15) is 19.7 Å². The summed E-state index contributed by atoms with van der Waals surface area (Å²) in [6.07, 6.45) is 6.37. The minimum Gasteiger partial charge on any atom is -0.478 e. The van der Waals surface area contributed by atoms with Gasteiger partial charge in [0.2, 0.25) is 0 Å². The Labute approximate surface area is 177 Å². The van der Waals surface area contributed by atoms with E-state index in [-0.39, 0.29) is 22.5 Å². The van der Waals surface area contributed by atoms with E-state index in [1.54, 1.807) is 6.20 Å². The number of rotatable bonds is 11. The number of benzene rings is 1. The zero-order valence-corrected chi connectivity index (χ0v) is 17.8. The zero-order valence-electron chi connectivity index (χ0n) is 17.8. The minimum atomic E-state index is -1.23. The van der Waals surface area contributed by atoms with Gasteiger partial charge in [-0.15, -0.1) is 0 Å². The number of carboxylic acids is 2. The molecule has 9 nitrogen and oxygen atoms in total. The first kappa shape index (κ1) is 28.6. The van der Waals surface area contributed by atoms with Crippen LogP contribution in [0.3, 0.4) is 0 Å². The van der Waals surface area contributed by atoms with Gasteiger partial charge in [-0.05, 0) is 36.9 Å². The number of carboxylic acid groups (broad SMARTS) is 2. The summed E-state index contributed by atoms with van der Waals surface area (Å²) in [5.74, 6) is -2.29. The van der Waals surface area contributed by atoms with Crippen LogP contribution in [0.25, 0.3) is 0 Å². The van der Waals surface area contributed by atoms with Gasteiger partial charge < -0.3 is 20.8 Å². The van der Waals surface area contributed by atoms with Crippen molar-refractivity contribution in [2.24, 2.45) is 0 Å². The first-order valence-corrected chi connectivity index (χ1v) is 9.58. The highest BCUT2D eigenvalue weighted by Gasteiger charge is 2.16. The van der Waals surface area contributed by atoms with Gasteiger partial charge in [-0.25, -0.2) is 9.59 Å². The van der Waals surface area contributed by atoms with Crippen LogP contribution in [0.1, 0.15) is 44.5 Å². The normalized spacial score (nSPS) is 10.1. The summed E-state index contributed by atoms with van der Waals surface area (Å²) < 4.78 is 0. The van der Waals surface area contributed by atoms with Crippen molar-refractivity contribution in [1.29, 1.82) is 0 Å². The highest BCUT2D eigenvalue weighted by atomic mass is 16.6. The fourth-order valence-corrected chi connectivity index (χ4v) is 1.91. The SMILES string of the molecule is C=C/C(=C\C=C\NCCCNc1ccc(C(=O)O)cc1[N+](=O)[O-])C(=O)O.CC.CC. The average Bonchev–Trinajstić information content (AvgIpc) is 2.75. The molecule has 1 aromatic rings. The smallest absolute Gasteiger partial charge is 0.335 e. The highest BCUT2D eigenvalue weighted by Crippen LogP contribution is 2.25. The molecule has 30 heavy (non-hydrogen) atoms. The third-order valence-electron chi connectivity index (χ3n) is 3.21. The number of nitrogens with zero attached hydrogens (tertiary/aromatic N) is 1. The molecule has 0 atom stereocenters. The second kappa shape index (κ2) is 17.5. The summed E-state index contributed by atoms with van der Waals surface area (Å²) in [5, 5.41) is 34.5. The lowest BCUT2D eigenvalue weighted by atomic mass is 10.1. The van der Waals surface area contributed by atoms with Crippen molar-refractivity contribution in [3.05, 3.63) is 70.5 Å². The van der Waals surface area contributed by atoms with Crippen LogP contribution in [0.15, 0.2) is 54.8 Å². The van der Waals surface area contributed by atoms with Crippen LogP contribution in [0.4, 0.5) is 11.4 Å². The van der Waals surface area contributed by atoms with Crippen LogP contribution in [-0.2, 0) is 4.79 Å². The van der Waals surface area contributed by atoms with Crippen molar-refractivity contribution in [2.45, 2.75) is 34.1 Å². The van der Waals surface area contributed by atoms with Crippen molar-refractivity contribution in [3.63, 3.8) is 0 Å². The molecule has 0 aliphatic carbocycles. The van der Waals surface area contributed by atoms with Gasteiger partial charge in [-0.2, -0.15) is 0 Å². The monoisotopic (exact) mass is 421 g/mol. The van der Waals surface area contributed by atoms with E-state index in [1.165, 1.54) is 30.4 Å². The number of hydrogen-bond acceptors (Lipinski definition) is 6. The molecule has 1 rings (SSSR count). The lowest BCUT2D eigenvalue weighted by Gasteiger charge is -2.07. The number of nitro benzene ring substituents is 1. The van der Waals surface area contributed by atoms with E-state index in [4.69, 9.17) is 10.2 Å². The fraction of sp³-hybridized carbons (Fsp3) is 0.333. The molecule has 0 amide bonds. The van der Waals surface area contributed by atoms with Gasteiger partial charge in [0.1, 0.15) is 5.69 Å². The Morgan fingerprint density at radius 2 is 1.80 bits per heavy atom. The van der Waals surface area contributed by atoms with Crippen LogP contribution >= 0.6 is 0 Å². The van der Waals surface area contributed by atoms with Gasteiger partial charge >= 0.3 is 11.9 Å². The maximum absolute atomic E-state index is 11.0. The zero-order chi connectivity index (χ0) is 23.5.